The van der Waals surface area contributed by atoms with Crippen LogP contribution < -0.4 is 4.74 Å². The number of fused-ring (bicyclic) bond motifs is 1. The molecule has 0 aliphatic carbocycles. The predicted molar refractivity (Wildman–Crippen MR) is 59.2 cm³/mol. The first kappa shape index (κ1) is 11.9. The predicted octanol–water partition coefficient (Wildman–Crippen LogP) is 1.07. The second kappa shape index (κ2) is 4.73. The molecule has 1 aromatic rings. The summed E-state index contributed by atoms with van der Waals surface area (Å²) in [7, 11) is 1.55. The summed E-state index contributed by atoms with van der Waals surface area (Å²) in [6, 6.07) is 4.49. The average molecular weight is 238 g/mol. The van der Waals surface area contributed by atoms with Gasteiger partial charge in [-0.15, -0.1) is 0 Å². The van der Waals surface area contributed by atoms with Crippen LogP contribution in [0.25, 0.3) is 0 Å². The van der Waals surface area contributed by atoms with Crippen LogP contribution in [0.4, 0.5) is 0 Å². The Morgan fingerprint density at radius 2 is 2.35 bits per heavy atom. The molecule has 92 valence electrons. The van der Waals surface area contributed by atoms with Crippen molar-refractivity contribution in [2.24, 2.45) is 5.92 Å². The van der Waals surface area contributed by atoms with E-state index in [2.05, 4.69) is 0 Å². The monoisotopic (exact) mass is 238 g/mol. The van der Waals surface area contributed by atoms with Crippen LogP contribution in [0.3, 0.4) is 0 Å². The highest BCUT2D eigenvalue weighted by Crippen LogP contribution is 2.36. The van der Waals surface area contributed by atoms with Crippen molar-refractivity contribution in [3.05, 3.63) is 29.3 Å². The molecule has 0 spiro atoms. The molecule has 2 rings (SSSR count). The van der Waals surface area contributed by atoms with E-state index in [1.807, 2.05) is 0 Å². The van der Waals surface area contributed by atoms with E-state index in [1.54, 1.807) is 13.2 Å². The topological polar surface area (TPSA) is 76.0 Å². The number of carbonyl (C=O) groups is 1. The van der Waals surface area contributed by atoms with Crippen molar-refractivity contribution in [2.75, 3.05) is 20.3 Å². The zero-order valence-corrected chi connectivity index (χ0v) is 9.42. The van der Waals surface area contributed by atoms with Crippen LogP contribution in [0.1, 0.15) is 22.0 Å². The molecule has 0 fully saturated rings. The van der Waals surface area contributed by atoms with Crippen molar-refractivity contribution in [2.45, 2.75) is 6.10 Å². The summed E-state index contributed by atoms with van der Waals surface area (Å²) < 4.78 is 10.4. The van der Waals surface area contributed by atoms with Crippen molar-refractivity contribution in [1.82, 2.24) is 0 Å². The summed E-state index contributed by atoms with van der Waals surface area (Å²) in [6.45, 7) is 0.742. The highest BCUT2D eigenvalue weighted by atomic mass is 16.5. The number of carboxylic acid groups (broad SMARTS) is 1. The number of carboxylic acids is 1. The van der Waals surface area contributed by atoms with Crippen LogP contribution in [0.2, 0.25) is 0 Å². The van der Waals surface area contributed by atoms with Gasteiger partial charge in [0, 0.05) is 18.6 Å². The normalized spacial score (nSPS) is 22.7. The van der Waals surface area contributed by atoms with Crippen molar-refractivity contribution in [3.63, 3.8) is 0 Å². The third kappa shape index (κ3) is 2.25. The van der Waals surface area contributed by atoms with Gasteiger partial charge in [0.05, 0.1) is 24.9 Å². The number of methoxy groups -OCH3 is 1. The minimum Gasteiger partial charge on any atom is -0.493 e. The van der Waals surface area contributed by atoms with E-state index < -0.39 is 12.1 Å². The lowest BCUT2D eigenvalue weighted by atomic mass is 9.92. The molecule has 2 N–H and O–H groups in total. The maximum absolute atomic E-state index is 10.9. The molecule has 5 heteroatoms. The standard InChI is InChI=1S/C12H14O5/c1-16-5-8-6-17-10-3-2-7(12(14)15)4-9(10)11(8)13/h2-4,8,11,13H,5-6H2,1H3,(H,14,15)/t8-,11+/m1/s1. The molecular formula is C12H14O5. The quantitative estimate of drug-likeness (QED) is 0.823. The SMILES string of the molecule is COC[C@@H]1COc2ccc(C(=O)O)cc2[C@H]1O. The lowest BCUT2D eigenvalue weighted by molar-refractivity contribution is 0.00488. The second-order valence-electron chi connectivity index (χ2n) is 4.03. The number of aliphatic hydroxyl groups excluding tert-OH is 1. The molecule has 1 aliphatic heterocycles. The van der Waals surface area contributed by atoms with Crippen molar-refractivity contribution in [3.8, 4) is 5.75 Å². The van der Waals surface area contributed by atoms with E-state index in [1.165, 1.54) is 12.1 Å². The number of hydrogen-bond donors (Lipinski definition) is 2. The molecule has 5 nitrogen and oxygen atoms in total. The van der Waals surface area contributed by atoms with Gasteiger partial charge in [0.2, 0.25) is 0 Å². The van der Waals surface area contributed by atoms with Crippen LogP contribution in [0.5, 0.6) is 5.75 Å². The summed E-state index contributed by atoms with van der Waals surface area (Å²) in [5, 5.41) is 19.0. The molecule has 0 bridgehead atoms. The number of aliphatic hydroxyl groups is 1. The van der Waals surface area contributed by atoms with Gasteiger partial charge in [-0.2, -0.15) is 0 Å². The fourth-order valence-corrected chi connectivity index (χ4v) is 1.94. The van der Waals surface area contributed by atoms with Gasteiger partial charge >= 0.3 is 5.97 Å². The number of ether oxygens (including phenoxy) is 2. The van der Waals surface area contributed by atoms with E-state index in [9.17, 15) is 9.90 Å². The molecule has 0 unspecified atom stereocenters. The molecule has 1 heterocycles. The molecule has 0 saturated heterocycles. The minimum absolute atomic E-state index is 0.143. The van der Waals surface area contributed by atoms with Crippen molar-refractivity contribution < 1.29 is 24.5 Å². The molecule has 2 atom stereocenters. The van der Waals surface area contributed by atoms with Crippen molar-refractivity contribution >= 4 is 5.97 Å². The van der Waals surface area contributed by atoms with Crippen molar-refractivity contribution in [1.29, 1.82) is 0 Å². The summed E-state index contributed by atoms with van der Waals surface area (Å²) in [5.41, 5.74) is 0.655. The number of benzene rings is 1. The maximum atomic E-state index is 10.9. The van der Waals surface area contributed by atoms with E-state index in [4.69, 9.17) is 14.6 Å². The zero-order valence-electron chi connectivity index (χ0n) is 9.42. The summed E-state index contributed by atoms with van der Waals surface area (Å²) >= 11 is 0. The smallest absolute Gasteiger partial charge is 0.335 e. The highest BCUT2D eigenvalue weighted by Gasteiger charge is 2.30. The Balaban J connectivity index is 2.32. The second-order valence-corrected chi connectivity index (χ2v) is 4.03. The minimum atomic E-state index is -1.02. The largest absolute Gasteiger partial charge is 0.493 e. The Bertz CT molecular complexity index is 429. The van der Waals surface area contributed by atoms with Gasteiger partial charge in [0.1, 0.15) is 5.75 Å². The Labute approximate surface area is 98.6 Å². The number of aromatic carboxylic acids is 1. The van der Waals surface area contributed by atoms with Gasteiger partial charge in [0.25, 0.3) is 0 Å². The number of hydrogen-bond acceptors (Lipinski definition) is 4. The van der Waals surface area contributed by atoms with E-state index in [0.717, 1.165) is 0 Å². The summed E-state index contributed by atoms with van der Waals surface area (Å²) in [6.07, 6.45) is -0.752. The van der Waals surface area contributed by atoms with Gasteiger partial charge in [0.15, 0.2) is 0 Å². The average Bonchev–Trinajstić information content (AvgIpc) is 2.32. The Morgan fingerprint density at radius 1 is 1.59 bits per heavy atom. The fourth-order valence-electron chi connectivity index (χ4n) is 1.94. The molecule has 0 aromatic heterocycles. The first-order valence-electron chi connectivity index (χ1n) is 5.30. The molecule has 17 heavy (non-hydrogen) atoms. The third-order valence-electron chi connectivity index (χ3n) is 2.86. The highest BCUT2D eigenvalue weighted by molar-refractivity contribution is 5.88. The zero-order chi connectivity index (χ0) is 12.4. The molecule has 0 saturated carbocycles. The van der Waals surface area contributed by atoms with Gasteiger partial charge < -0.3 is 19.7 Å². The first-order chi connectivity index (χ1) is 8.13. The van der Waals surface area contributed by atoms with Crippen LogP contribution in [-0.4, -0.2) is 36.5 Å². The Kier molecular flexibility index (Phi) is 3.31. The van der Waals surface area contributed by atoms with Crippen LogP contribution >= 0.6 is 0 Å². The molecule has 1 aliphatic rings. The fraction of sp³-hybridized carbons (Fsp3) is 0.417. The Morgan fingerprint density at radius 3 is 3.00 bits per heavy atom. The van der Waals surface area contributed by atoms with Gasteiger partial charge in [-0.1, -0.05) is 0 Å². The van der Waals surface area contributed by atoms with Gasteiger partial charge in [-0.25, -0.2) is 4.79 Å². The molecule has 0 radical (unpaired) electrons. The van der Waals surface area contributed by atoms with Crippen LogP contribution in [0, 0.1) is 5.92 Å². The summed E-state index contributed by atoms with van der Waals surface area (Å²) in [5.74, 6) is -0.653. The number of rotatable bonds is 3. The van der Waals surface area contributed by atoms with E-state index in [0.29, 0.717) is 24.5 Å². The lowest BCUT2D eigenvalue weighted by Crippen LogP contribution is -2.29. The first-order valence-corrected chi connectivity index (χ1v) is 5.30. The van der Waals surface area contributed by atoms with E-state index in [-0.39, 0.29) is 11.5 Å². The molecular weight excluding hydrogens is 224 g/mol. The molecule has 0 amide bonds. The van der Waals surface area contributed by atoms with Gasteiger partial charge in [-0.05, 0) is 18.2 Å². The lowest BCUT2D eigenvalue weighted by Gasteiger charge is -2.29. The van der Waals surface area contributed by atoms with Crippen LogP contribution in [-0.2, 0) is 4.74 Å². The van der Waals surface area contributed by atoms with Crippen LogP contribution in [0.15, 0.2) is 18.2 Å². The molecule has 1 aromatic carbocycles. The van der Waals surface area contributed by atoms with Gasteiger partial charge in [-0.3, -0.25) is 0 Å². The maximum Gasteiger partial charge on any atom is 0.335 e. The summed E-state index contributed by atoms with van der Waals surface area (Å²) in [4.78, 5) is 10.9. The van der Waals surface area contributed by atoms with E-state index >= 15 is 0 Å². The third-order valence-corrected chi connectivity index (χ3v) is 2.86. The Hall–Kier alpha value is -1.59.